The lowest BCUT2D eigenvalue weighted by Gasteiger charge is -2.15. The topological polar surface area (TPSA) is 100 Å². The zero-order valence-electron chi connectivity index (χ0n) is 13.7. The molecule has 0 aliphatic carbocycles. The number of rotatable bonds is 5. The quantitative estimate of drug-likeness (QED) is 0.846. The molecule has 0 aliphatic heterocycles. The Bertz CT molecular complexity index is 716. The van der Waals surface area contributed by atoms with Gasteiger partial charge in [0.05, 0.1) is 12.8 Å². The van der Waals surface area contributed by atoms with Crippen molar-refractivity contribution in [3.05, 3.63) is 35.5 Å². The summed E-state index contributed by atoms with van der Waals surface area (Å²) < 4.78 is 10.8. The Labute approximate surface area is 134 Å². The lowest BCUT2D eigenvalue weighted by Crippen LogP contribution is -2.09. The van der Waals surface area contributed by atoms with Crippen molar-refractivity contribution in [2.75, 3.05) is 12.3 Å². The number of ether oxygens (including phenoxy) is 2. The Balaban J connectivity index is 2.41. The SMILES string of the molecule is CCOC(=O)c1cc(Oc2cnc(C)nc2N)c(C(C)C)cn1. The third-order valence-corrected chi connectivity index (χ3v) is 3.12. The van der Waals surface area contributed by atoms with Gasteiger partial charge in [-0.2, -0.15) is 0 Å². The number of carbonyl (C=O) groups excluding carboxylic acids is 1. The number of hydrogen-bond acceptors (Lipinski definition) is 7. The highest BCUT2D eigenvalue weighted by molar-refractivity contribution is 5.87. The molecular formula is C16H20N4O3. The summed E-state index contributed by atoms with van der Waals surface area (Å²) in [6, 6.07) is 1.55. The van der Waals surface area contributed by atoms with Crippen LogP contribution in [-0.2, 0) is 4.74 Å². The summed E-state index contributed by atoms with van der Waals surface area (Å²) in [6.07, 6.45) is 3.11. The summed E-state index contributed by atoms with van der Waals surface area (Å²) in [5.41, 5.74) is 6.88. The molecule has 0 fully saturated rings. The largest absolute Gasteiger partial charge is 0.461 e. The second-order valence-electron chi connectivity index (χ2n) is 5.25. The second kappa shape index (κ2) is 7.04. The number of aromatic nitrogens is 3. The highest BCUT2D eigenvalue weighted by Crippen LogP contribution is 2.32. The number of esters is 1. The molecule has 2 aromatic rings. The summed E-state index contributed by atoms with van der Waals surface area (Å²) in [5.74, 6) is 1.26. The molecule has 2 rings (SSSR count). The molecule has 0 aliphatic rings. The molecule has 0 unspecified atom stereocenters. The number of carbonyl (C=O) groups is 1. The lowest BCUT2D eigenvalue weighted by atomic mass is 10.0. The van der Waals surface area contributed by atoms with Gasteiger partial charge in [-0.1, -0.05) is 13.8 Å². The van der Waals surface area contributed by atoms with E-state index < -0.39 is 5.97 Å². The van der Waals surface area contributed by atoms with Crippen molar-refractivity contribution in [1.29, 1.82) is 0 Å². The van der Waals surface area contributed by atoms with Crippen molar-refractivity contribution in [1.82, 2.24) is 15.0 Å². The Morgan fingerprint density at radius 3 is 2.61 bits per heavy atom. The molecule has 0 saturated carbocycles. The number of nitrogens with zero attached hydrogens (tertiary/aromatic N) is 3. The highest BCUT2D eigenvalue weighted by atomic mass is 16.5. The molecule has 7 nitrogen and oxygen atoms in total. The van der Waals surface area contributed by atoms with Crippen LogP contribution in [0.3, 0.4) is 0 Å². The summed E-state index contributed by atoms with van der Waals surface area (Å²) in [5, 5.41) is 0. The number of hydrogen-bond donors (Lipinski definition) is 1. The fourth-order valence-corrected chi connectivity index (χ4v) is 1.96. The molecule has 0 spiro atoms. The van der Waals surface area contributed by atoms with Gasteiger partial charge in [0.25, 0.3) is 0 Å². The van der Waals surface area contributed by atoms with Crippen LogP contribution in [0.5, 0.6) is 11.5 Å². The highest BCUT2D eigenvalue weighted by Gasteiger charge is 2.17. The molecule has 0 radical (unpaired) electrons. The van der Waals surface area contributed by atoms with Crippen molar-refractivity contribution in [3.63, 3.8) is 0 Å². The molecule has 2 heterocycles. The molecule has 7 heteroatoms. The predicted molar refractivity (Wildman–Crippen MR) is 85.5 cm³/mol. The van der Waals surface area contributed by atoms with E-state index in [9.17, 15) is 4.79 Å². The second-order valence-corrected chi connectivity index (χ2v) is 5.25. The van der Waals surface area contributed by atoms with Crippen molar-refractivity contribution in [2.24, 2.45) is 0 Å². The van der Waals surface area contributed by atoms with Crippen LogP contribution in [0.1, 0.15) is 48.6 Å². The van der Waals surface area contributed by atoms with Crippen LogP contribution in [0.15, 0.2) is 18.5 Å². The molecule has 0 amide bonds. The van der Waals surface area contributed by atoms with E-state index in [1.165, 1.54) is 6.20 Å². The molecular weight excluding hydrogens is 296 g/mol. The number of nitrogen functional groups attached to an aromatic ring is 1. The fourth-order valence-electron chi connectivity index (χ4n) is 1.96. The van der Waals surface area contributed by atoms with Crippen LogP contribution < -0.4 is 10.5 Å². The van der Waals surface area contributed by atoms with Crippen molar-refractivity contribution in [2.45, 2.75) is 33.6 Å². The fraction of sp³-hybridized carbons (Fsp3) is 0.375. The maximum absolute atomic E-state index is 11.9. The van der Waals surface area contributed by atoms with Gasteiger partial charge in [-0.05, 0) is 19.8 Å². The Morgan fingerprint density at radius 2 is 2.00 bits per heavy atom. The third-order valence-electron chi connectivity index (χ3n) is 3.12. The first-order valence-electron chi connectivity index (χ1n) is 7.36. The van der Waals surface area contributed by atoms with Crippen molar-refractivity contribution < 1.29 is 14.3 Å². The molecule has 0 atom stereocenters. The van der Waals surface area contributed by atoms with Crippen LogP contribution in [0.4, 0.5) is 5.82 Å². The van der Waals surface area contributed by atoms with Crippen LogP contribution >= 0.6 is 0 Å². The summed E-state index contributed by atoms with van der Waals surface area (Å²) in [7, 11) is 0. The van der Waals surface area contributed by atoms with Gasteiger partial charge in [-0.25, -0.2) is 19.7 Å². The van der Waals surface area contributed by atoms with E-state index in [0.717, 1.165) is 5.56 Å². The van der Waals surface area contributed by atoms with Gasteiger partial charge in [0, 0.05) is 17.8 Å². The molecule has 2 aromatic heterocycles. The maximum Gasteiger partial charge on any atom is 0.357 e. The van der Waals surface area contributed by atoms with E-state index in [1.54, 1.807) is 26.1 Å². The number of aryl methyl sites for hydroxylation is 1. The van der Waals surface area contributed by atoms with Gasteiger partial charge < -0.3 is 15.2 Å². The third kappa shape index (κ3) is 3.94. The molecule has 0 aromatic carbocycles. The van der Waals surface area contributed by atoms with E-state index in [1.807, 2.05) is 13.8 Å². The average Bonchev–Trinajstić information content (AvgIpc) is 2.50. The van der Waals surface area contributed by atoms with Gasteiger partial charge in [0.1, 0.15) is 11.6 Å². The van der Waals surface area contributed by atoms with Gasteiger partial charge in [0.2, 0.25) is 0 Å². The zero-order valence-corrected chi connectivity index (χ0v) is 13.7. The summed E-state index contributed by atoms with van der Waals surface area (Å²) in [4.78, 5) is 24.1. The first kappa shape index (κ1) is 16.7. The smallest absolute Gasteiger partial charge is 0.357 e. The minimum atomic E-state index is -0.499. The molecule has 0 saturated heterocycles. The lowest BCUT2D eigenvalue weighted by molar-refractivity contribution is 0.0519. The maximum atomic E-state index is 11.9. The van der Waals surface area contributed by atoms with E-state index in [0.29, 0.717) is 17.3 Å². The molecule has 2 N–H and O–H groups in total. The van der Waals surface area contributed by atoms with Gasteiger partial charge in [-0.3, -0.25) is 0 Å². The number of anilines is 1. The van der Waals surface area contributed by atoms with Crippen LogP contribution in [0.25, 0.3) is 0 Å². The van der Waals surface area contributed by atoms with E-state index in [-0.39, 0.29) is 24.0 Å². The predicted octanol–water partition coefficient (Wildman–Crippen LogP) is 2.85. The Kier molecular flexibility index (Phi) is 5.10. The summed E-state index contributed by atoms with van der Waals surface area (Å²) in [6.45, 7) is 7.76. The normalized spacial score (nSPS) is 10.7. The van der Waals surface area contributed by atoms with E-state index in [4.69, 9.17) is 15.2 Å². The first-order valence-corrected chi connectivity index (χ1v) is 7.36. The van der Waals surface area contributed by atoms with Crippen LogP contribution in [0.2, 0.25) is 0 Å². The van der Waals surface area contributed by atoms with Gasteiger partial charge in [-0.15, -0.1) is 0 Å². The first-order chi connectivity index (χ1) is 10.9. The Morgan fingerprint density at radius 1 is 1.26 bits per heavy atom. The van der Waals surface area contributed by atoms with E-state index in [2.05, 4.69) is 15.0 Å². The molecule has 0 bridgehead atoms. The average molecular weight is 316 g/mol. The van der Waals surface area contributed by atoms with Crippen molar-refractivity contribution in [3.8, 4) is 11.5 Å². The molecule has 122 valence electrons. The minimum absolute atomic E-state index is 0.154. The standard InChI is InChI=1S/C16H20N4O3/c1-5-22-16(21)12-6-13(11(7-19-12)9(2)3)23-14-8-18-10(4)20-15(14)17/h6-9H,5H2,1-4H3,(H2,17,18,20). The summed E-state index contributed by atoms with van der Waals surface area (Å²) >= 11 is 0. The minimum Gasteiger partial charge on any atom is -0.461 e. The van der Waals surface area contributed by atoms with Gasteiger partial charge in [0.15, 0.2) is 17.3 Å². The van der Waals surface area contributed by atoms with Crippen LogP contribution in [-0.4, -0.2) is 27.5 Å². The number of pyridine rings is 1. The Hall–Kier alpha value is -2.70. The van der Waals surface area contributed by atoms with Crippen molar-refractivity contribution >= 4 is 11.8 Å². The monoisotopic (exact) mass is 316 g/mol. The van der Waals surface area contributed by atoms with E-state index >= 15 is 0 Å². The zero-order chi connectivity index (χ0) is 17.0. The molecule has 23 heavy (non-hydrogen) atoms. The number of nitrogens with two attached hydrogens (primary N) is 1. The van der Waals surface area contributed by atoms with Gasteiger partial charge >= 0.3 is 5.97 Å². The van der Waals surface area contributed by atoms with Crippen LogP contribution in [0, 0.1) is 6.92 Å².